The zero-order chi connectivity index (χ0) is 21.4. The van der Waals surface area contributed by atoms with Crippen LogP contribution in [0, 0.1) is 19.8 Å². The van der Waals surface area contributed by atoms with Crippen LogP contribution in [-0.2, 0) is 20.0 Å². The van der Waals surface area contributed by atoms with Gasteiger partial charge in [-0.1, -0.05) is 32.0 Å². The van der Waals surface area contributed by atoms with Gasteiger partial charge in [-0.3, -0.25) is 9.67 Å². The van der Waals surface area contributed by atoms with Crippen molar-refractivity contribution in [3.05, 3.63) is 46.8 Å². The molecule has 0 aliphatic heterocycles. The van der Waals surface area contributed by atoms with E-state index in [1.165, 1.54) is 11.3 Å². The molecule has 0 aliphatic rings. The fourth-order valence-electron chi connectivity index (χ4n) is 3.27. The third-order valence-electron chi connectivity index (χ3n) is 5.15. The fraction of sp³-hybridized carbons (Fsp3) is 0.565. The molecule has 6 heteroatoms. The van der Waals surface area contributed by atoms with E-state index in [2.05, 4.69) is 61.4 Å². The molecule has 1 aromatic carbocycles. The molecule has 0 saturated carbocycles. The summed E-state index contributed by atoms with van der Waals surface area (Å²) >= 11 is 0. The molecule has 0 bridgehead atoms. The number of aromatic nitrogens is 2. The molecule has 2 N–H and O–H groups in total. The summed E-state index contributed by atoms with van der Waals surface area (Å²) in [5, 5.41) is 11.4. The van der Waals surface area contributed by atoms with E-state index >= 15 is 0 Å². The van der Waals surface area contributed by atoms with Gasteiger partial charge < -0.3 is 15.4 Å². The van der Waals surface area contributed by atoms with Crippen LogP contribution in [0.5, 0.6) is 5.75 Å². The van der Waals surface area contributed by atoms with E-state index in [1.54, 1.807) is 7.05 Å². The van der Waals surface area contributed by atoms with Crippen molar-refractivity contribution in [1.82, 2.24) is 20.4 Å². The average molecular weight is 400 g/mol. The second kappa shape index (κ2) is 10.9. The second-order valence-corrected chi connectivity index (χ2v) is 8.09. The lowest BCUT2D eigenvalue weighted by atomic mass is 10.1. The highest BCUT2D eigenvalue weighted by Crippen LogP contribution is 2.18. The minimum Gasteiger partial charge on any atom is -0.493 e. The number of aryl methyl sites for hydroxylation is 2. The van der Waals surface area contributed by atoms with Gasteiger partial charge >= 0.3 is 0 Å². The molecule has 2 aromatic rings. The summed E-state index contributed by atoms with van der Waals surface area (Å²) in [6.07, 6.45) is 1.96. The second-order valence-electron chi connectivity index (χ2n) is 8.09. The number of para-hydroxylation sites is 1. The maximum absolute atomic E-state index is 5.99. The van der Waals surface area contributed by atoms with E-state index in [0.717, 1.165) is 42.4 Å². The van der Waals surface area contributed by atoms with Gasteiger partial charge in [0.2, 0.25) is 0 Å². The molecule has 0 saturated heterocycles. The maximum atomic E-state index is 5.99. The van der Waals surface area contributed by atoms with Crippen LogP contribution in [0.15, 0.2) is 29.3 Å². The van der Waals surface area contributed by atoms with Crippen molar-refractivity contribution in [2.24, 2.45) is 18.0 Å². The Hall–Kier alpha value is -2.50. The number of benzene rings is 1. The van der Waals surface area contributed by atoms with Crippen molar-refractivity contribution in [3.63, 3.8) is 0 Å². The molecule has 1 heterocycles. The van der Waals surface area contributed by atoms with Crippen LogP contribution in [-0.4, -0.2) is 35.4 Å². The normalized spacial score (nSPS) is 12.9. The minimum atomic E-state index is 0.236. The first-order valence-corrected chi connectivity index (χ1v) is 10.5. The predicted molar refractivity (Wildman–Crippen MR) is 121 cm³/mol. The predicted octanol–water partition coefficient (Wildman–Crippen LogP) is 3.76. The Bertz CT molecular complexity index is 810. The lowest BCUT2D eigenvalue weighted by Crippen LogP contribution is -2.42. The molecular weight excluding hydrogens is 362 g/mol. The van der Waals surface area contributed by atoms with Crippen LogP contribution >= 0.6 is 0 Å². The van der Waals surface area contributed by atoms with Crippen LogP contribution in [0.2, 0.25) is 0 Å². The monoisotopic (exact) mass is 399 g/mol. The van der Waals surface area contributed by atoms with E-state index in [0.29, 0.717) is 12.5 Å². The highest BCUT2D eigenvalue weighted by molar-refractivity contribution is 5.80. The van der Waals surface area contributed by atoms with Gasteiger partial charge in [0.25, 0.3) is 0 Å². The molecule has 1 unspecified atom stereocenters. The van der Waals surface area contributed by atoms with E-state index in [1.807, 2.05) is 29.9 Å². The van der Waals surface area contributed by atoms with E-state index in [9.17, 15) is 0 Å². The Morgan fingerprint density at radius 2 is 1.93 bits per heavy atom. The quantitative estimate of drug-likeness (QED) is 0.498. The first kappa shape index (κ1) is 22.8. The van der Waals surface area contributed by atoms with Crippen molar-refractivity contribution >= 4 is 5.96 Å². The molecule has 29 heavy (non-hydrogen) atoms. The van der Waals surface area contributed by atoms with Gasteiger partial charge in [0, 0.05) is 37.9 Å². The molecule has 2 rings (SSSR count). The topological polar surface area (TPSA) is 63.5 Å². The van der Waals surface area contributed by atoms with Crippen molar-refractivity contribution in [2.45, 2.75) is 60.0 Å². The van der Waals surface area contributed by atoms with E-state index in [4.69, 9.17) is 4.74 Å². The molecule has 0 spiro atoms. The number of aliphatic imine (C=N–C) groups is 1. The fourth-order valence-corrected chi connectivity index (χ4v) is 3.27. The van der Waals surface area contributed by atoms with Crippen LogP contribution in [0.3, 0.4) is 0 Å². The zero-order valence-electron chi connectivity index (χ0n) is 19.0. The van der Waals surface area contributed by atoms with Gasteiger partial charge in [-0.25, -0.2) is 0 Å². The minimum absolute atomic E-state index is 0.236. The van der Waals surface area contributed by atoms with Gasteiger partial charge in [-0.15, -0.1) is 0 Å². The molecule has 160 valence electrons. The Labute approximate surface area is 175 Å². The van der Waals surface area contributed by atoms with Crippen LogP contribution < -0.4 is 15.4 Å². The third-order valence-corrected chi connectivity index (χ3v) is 5.15. The highest BCUT2D eigenvalue weighted by Gasteiger charge is 2.14. The Kier molecular flexibility index (Phi) is 8.55. The van der Waals surface area contributed by atoms with Gasteiger partial charge in [0.1, 0.15) is 5.75 Å². The number of nitrogens with one attached hydrogen (secondary N) is 2. The third kappa shape index (κ3) is 6.80. The number of rotatable bonds is 9. The van der Waals surface area contributed by atoms with E-state index < -0.39 is 0 Å². The molecule has 0 radical (unpaired) electrons. The summed E-state index contributed by atoms with van der Waals surface area (Å²) < 4.78 is 7.94. The number of guanidine groups is 1. The van der Waals surface area contributed by atoms with Gasteiger partial charge in [0.05, 0.1) is 12.3 Å². The molecule has 0 amide bonds. The Morgan fingerprint density at radius 1 is 1.21 bits per heavy atom. The first-order valence-electron chi connectivity index (χ1n) is 10.5. The summed E-state index contributed by atoms with van der Waals surface area (Å²) in [5.41, 5.74) is 4.73. The van der Waals surface area contributed by atoms with Crippen LogP contribution in [0.25, 0.3) is 0 Å². The SMILES string of the molecule is CN=C(NCc1ccccc1OCCC(C)C)NC(C)Cc1c(C)nn(C)c1C. The van der Waals surface area contributed by atoms with Crippen molar-refractivity contribution in [1.29, 1.82) is 0 Å². The number of nitrogens with zero attached hydrogens (tertiary/aromatic N) is 3. The summed E-state index contributed by atoms with van der Waals surface area (Å²) in [4.78, 5) is 4.38. The molecule has 1 atom stereocenters. The largest absolute Gasteiger partial charge is 0.493 e. The van der Waals surface area contributed by atoms with E-state index in [-0.39, 0.29) is 6.04 Å². The number of ether oxygens (including phenoxy) is 1. The summed E-state index contributed by atoms with van der Waals surface area (Å²) in [6.45, 7) is 12.2. The van der Waals surface area contributed by atoms with Crippen molar-refractivity contribution in [2.75, 3.05) is 13.7 Å². The molecule has 0 aliphatic carbocycles. The van der Waals surface area contributed by atoms with Crippen LogP contribution in [0.1, 0.15) is 49.7 Å². The molecule has 0 fully saturated rings. The maximum Gasteiger partial charge on any atom is 0.191 e. The lowest BCUT2D eigenvalue weighted by molar-refractivity contribution is 0.286. The van der Waals surface area contributed by atoms with Crippen molar-refractivity contribution in [3.8, 4) is 5.75 Å². The zero-order valence-corrected chi connectivity index (χ0v) is 19.0. The average Bonchev–Trinajstić information content (AvgIpc) is 2.91. The van der Waals surface area contributed by atoms with Gasteiger partial charge in [0.15, 0.2) is 5.96 Å². The Morgan fingerprint density at radius 3 is 2.55 bits per heavy atom. The molecular formula is C23H37N5O. The molecule has 6 nitrogen and oxygen atoms in total. The highest BCUT2D eigenvalue weighted by atomic mass is 16.5. The summed E-state index contributed by atoms with van der Waals surface area (Å²) in [5.74, 6) is 2.36. The summed E-state index contributed by atoms with van der Waals surface area (Å²) in [6, 6.07) is 8.42. The summed E-state index contributed by atoms with van der Waals surface area (Å²) in [7, 11) is 3.79. The molecule has 1 aromatic heterocycles. The number of hydrogen-bond acceptors (Lipinski definition) is 3. The van der Waals surface area contributed by atoms with Crippen molar-refractivity contribution < 1.29 is 4.74 Å². The number of hydrogen-bond donors (Lipinski definition) is 2. The first-order chi connectivity index (χ1) is 13.8. The van der Waals surface area contributed by atoms with Gasteiger partial charge in [-0.05, 0) is 51.2 Å². The van der Waals surface area contributed by atoms with Crippen LogP contribution in [0.4, 0.5) is 0 Å². The van der Waals surface area contributed by atoms with Gasteiger partial charge in [-0.2, -0.15) is 5.10 Å². The Balaban J connectivity index is 1.92. The smallest absolute Gasteiger partial charge is 0.191 e. The lowest BCUT2D eigenvalue weighted by Gasteiger charge is -2.19. The standard InChI is InChI=1S/C23H37N5O/c1-16(2)12-13-29-22-11-9-8-10-20(22)15-25-23(24-6)26-17(3)14-21-18(4)27-28(7)19(21)5/h8-11,16-17H,12-15H2,1-7H3,(H2,24,25,26).